The van der Waals surface area contributed by atoms with Crippen LogP contribution in [0.25, 0.3) is 6.08 Å². The average molecular weight is 471 g/mol. The Hall–Kier alpha value is -4.39. The summed E-state index contributed by atoms with van der Waals surface area (Å²) < 4.78 is 15.6. The van der Waals surface area contributed by atoms with Crippen LogP contribution in [0.1, 0.15) is 29.2 Å². The van der Waals surface area contributed by atoms with Crippen LogP contribution in [0.2, 0.25) is 0 Å². The number of amides is 1. The van der Waals surface area contributed by atoms with E-state index in [0.29, 0.717) is 12.2 Å². The minimum Gasteiger partial charge on any atom is -0.497 e. The second-order valence-electron chi connectivity index (χ2n) is 7.86. The van der Waals surface area contributed by atoms with Crippen molar-refractivity contribution in [2.24, 2.45) is 5.10 Å². The largest absolute Gasteiger partial charge is 0.497 e. The first-order valence-corrected chi connectivity index (χ1v) is 11.1. The standard InChI is InChI=1S/C28H26N2O5/c1-33-23-14-12-22(13-15-23)26-18-25(21-8-4-3-5-9-21)29-30(26)27(31)19-35-28(32)16-11-20-7-6-10-24(17-20)34-2/h3-17,26H,18-19H2,1-2H3/b16-11+. The number of methoxy groups -OCH3 is 2. The van der Waals surface area contributed by atoms with Crippen molar-refractivity contribution < 1.29 is 23.8 Å². The van der Waals surface area contributed by atoms with Gasteiger partial charge in [-0.25, -0.2) is 9.80 Å². The van der Waals surface area contributed by atoms with Gasteiger partial charge in [-0.3, -0.25) is 4.79 Å². The molecule has 3 aromatic rings. The number of hydrogen-bond acceptors (Lipinski definition) is 6. The van der Waals surface area contributed by atoms with Crippen molar-refractivity contribution in [2.45, 2.75) is 12.5 Å². The van der Waals surface area contributed by atoms with Crippen molar-refractivity contribution in [3.63, 3.8) is 0 Å². The number of nitrogens with zero attached hydrogens (tertiary/aromatic N) is 2. The van der Waals surface area contributed by atoms with Crippen LogP contribution in [-0.2, 0) is 14.3 Å². The van der Waals surface area contributed by atoms with Gasteiger partial charge in [0.15, 0.2) is 6.61 Å². The van der Waals surface area contributed by atoms with Gasteiger partial charge in [-0.15, -0.1) is 0 Å². The third-order valence-electron chi connectivity index (χ3n) is 5.62. The van der Waals surface area contributed by atoms with Crippen LogP contribution in [0.5, 0.6) is 11.5 Å². The SMILES string of the molecule is COc1ccc(C2CC(c3ccccc3)=NN2C(=O)COC(=O)/C=C/c2cccc(OC)c2)cc1. The van der Waals surface area contributed by atoms with E-state index in [9.17, 15) is 9.59 Å². The molecule has 35 heavy (non-hydrogen) atoms. The first kappa shape index (κ1) is 23.8. The van der Waals surface area contributed by atoms with E-state index in [2.05, 4.69) is 5.10 Å². The Balaban J connectivity index is 1.46. The lowest BCUT2D eigenvalue weighted by molar-refractivity contribution is -0.149. The Kier molecular flexibility index (Phi) is 7.57. The zero-order valence-electron chi connectivity index (χ0n) is 19.6. The highest BCUT2D eigenvalue weighted by Crippen LogP contribution is 2.33. The molecule has 4 rings (SSSR count). The second-order valence-corrected chi connectivity index (χ2v) is 7.86. The number of hydrazone groups is 1. The van der Waals surface area contributed by atoms with Crippen LogP contribution in [0.15, 0.2) is 90.0 Å². The normalized spacial score (nSPS) is 15.1. The number of ether oxygens (including phenoxy) is 3. The molecule has 0 aliphatic carbocycles. The molecule has 1 atom stereocenters. The number of hydrogen-bond donors (Lipinski definition) is 0. The predicted octanol–water partition coefficient (Wildman–Crippen LogP) is 4.64. The van der Waals surface area contributed by atoms with Crippen LogP contribution in [-0.4, -0.2) is 43.4 Å². The third-order valence-corrected chi connectivity index (χ3v) is 5.62. The quantitative estimate of drug-likeness (QED) is 0.354. The molecule has 0 radical (unpaired) electrons. The number of benzene rings is 3. The van der Waals surface area contributed by atoms with Gasteiger partial charge in [-0.05, 0) is 47.0 Å². The minimum absolute atomic E-state index is 0.311. The van der Waals surface area contributed by atoms with E-state index in [4.69, 9.17) is 14.2 Å². The first-order chi connectivity index (χ1) is 17.1. The number of carbonyl (C=O) groups excluding carboxylic acids is 2. The molecule has 3 aromatic carbocycles. The fourth-order valence-electron chi connectivity index (χ4n) is 3.79. The fourth-order valence-corrected chi connectivity index (χ4v) is 3.79. The van der Waals surface area contributed by atoms with Gasteiger partial charge in [0.25, 0.3) is 5.91 Å². The Bertz CT molecular complexity index is 1240. The summed E-state index contributed by atoms with van der Waals surface area (Å²) in [4.78, 5) is 25.3. The molecule has 0 N–H and O–H groups in total. The second kappa shape index (κ2) is 11.2. The molecule has 7 heteroatoms. The van der Waals surface area contributed by atoms with Gasteiger partial charge < -0.3 is 14.2 Å². The summed E-state index contributed by atoms with van der Waals surface area (Å²) in [6, 6.07) is 24.2. The lowest BCUT2D eigenvalue weighted by Gasteiger charge is -2.22. The maximum absolute atomic E-state index is 13.1. The molecule has 0 saturated carbocycles. The Morgan fingerprint density at radius 2 is 1.69 bits per heavy atom. The monoisotopic (exact) mass is 470 g/mol. The summed E-state index contributed by atoms with van der Waals surface area (Å²) in [5, 5.41) is 6.00. The molecule has 1 amide bonds. The molecule has 0 spiro atoms. The molecule has 0 fully saturated rings. The van der Waals surface area contributed by atoms with Crippen molar-refractivity contribution in [2.75, 3.05) is 20.8 Å². The average Bonchev–Trinajstić information content (AvgIpc) is 3.37. The van der Waals surface area contributed by atoms with E-state index >= 15 is 0 Å². The molecular weight excluding hydrogens is 444 g/mol. The van der Waals surface area contributed by atoms with Gasteiger partial charge in [-0.2, -0.15) is 5.10 Å². The molecule has 0 aromatic heterocycles. The van der Waals surface area contributed by atoms with Gasteiger partial charge in [0, 0.05) is 12.5 Å². The summed E-state index contributed by atoms with van der Waals surface area (Å²) >= 11 is 0. The predicted molar refractivity (Wildman–Crippen MR) is 133 cm³/mol. The van der Waals surface area contributed by atoms with Gasteiger partial charge in [0.05, 0.1) is 26.0 Å². The zero-order chi connectivity index (χ0) is 24.6. The molecular formula is C28H26N2O5. The number of rotatable bonds is 8. The van der Waals surface area contributed by atoms with E-state index in [1.807, 2.05) is 72.8 Å². The fraction of sp³-hybridized carbons (Fsp3) is 0.179. The van der Waals surface area contributed by atoms with E-state index in [-0.39, 0.29) is 6.04 Å². The number of esters is 1. The van der Waals surface area contributed by atoms with Crippen molar-refractivity contribution in [3.05, 3.63) is 102 Å². The summed E-state index contributed by atoms with van der Waals surface area (Å²) in [6.45, 7) is -0.417. The van der Waals surface area contributed by atoms with Gasteiger partial charge in [-0.1, -0.05) is 54.6 Å². The molecule has 1 heterocycles. The Morgan fingerprint density at radius 3 is 2.40 bits per heavy atom. The molecule has 1 aliphatic heterocycles. The topological polar surface area (TPSA) is 77.4 Å². The lowest BCUT2D eigenvalue weighted by atomic mass is 9.98. The maximum Gasteiger partial charge on any atom is 0.331 e. The summed E-state index contributed by atoms with van der Waals surface area (Å²) in [7, 11) is 3.18. The van der Waals surface area contributed by atoms with Gasteiger partial charge in [0.2, 0.25) is 0 Å². The molecule has 178 valence electrons. The smallest absolute Gasteiger partial charge is 0.331 e. The van der Waals surface area contributed by atoms with Crippen LogP contribution in [0.4, 0.5) is 0 Å². The minimum atomic E-state index is -0.617. The summed E-state index contributed by atoms with van der Waals surface area (Å²) in [5.74, 6) is 0.389. The molecule has 1 unspecified atom stereocenters. The van der Waals surface area contributed by atoms with Crippen LogP contribution in [0.3, 0.4) is 0 Å². The van der Waals surface area contributed by atoms with E-state index in [0.717, 1.165) is 28.2 Å². The van der Waals surface area contributed by atoms with Crippen molar-refractivity contribution in [1.29, 1.82) is 0 Å². The lowest BCUT2D eigenvalue weighted by Crippen LogP contribution is -2.31. The van der Waals surface area contributed by atoms with Crippen LogP contribution >= 0.6 is 0 Å². The molecule has 0 saturated heterocycles. The van der Waals surface area contributed by atoms with Gasteiger partial charge >= 0.3 is 5.97 Å². The Labute approximate surface area is 204 Å². The number of carbonyl (C=O) groups is 2. The highest BCUT2D eigenvalue weighted by atomic mass is 16.5. The zero-order valence-corrected chi connectivity index (χ0v) is 19.6. The van der Waals surface area contributed by atoms with Crippen molar-refractivity contribution in [3.8, 4) is 11.5 Å². The van der Waals surface area contributed by atoms with Crippen molar-refractivity contribution >= 4 is 23.7 Å². The van der Waals surface area contributed by atoms with Crippen LogP contribution in [0, 0.1) is 0 Å². The van der Waals surface area contributed by atoms with Crippen LogP contribution < -0.4 is 9.47 Å². The first-order valence-electron chi connectivity index (χ1n) is 11.1. The molecule has 7 nitrogen and oxygen atoms in total. The highest BCUT2D eigenvalue weighted by molar-refractivity contribution is 6.03. The highest BCUT2D eigenvalue weighted by Gasteiger charge is 2.33. The van der Waals surface area contributed by atoms with E-state index in [1.54, 1.807) is 26.4 Å². The van der Waals surface area contributed by atoms with Gasteiger partial charge in [0.1, 0.15) is 11.5 Å². The maximum atomic E-state index is 13.1. The summed E-state index contributed by atoms with van der Waals surface area (Å²) in [5.41, 5.74) is 3.44. The Morgan fingerprint density at radius 1 is 0.943 bits per heavy atom. The van der Waals surface area contributed by atoms with E-state index < -0.39 is 18.5 Å². The summed E-state index contributed by atoms with van der Waals surface area (Å²) in [6.07, 6.45) is 3.44. The molecule has 0 bridgehead atoms. The van der Waals surface area contributed by atoms with E-state index in [1.165, 1.54) is 11.1 Å². The molecule has 1 aliphatic rings. The van der Waals surface area contributed by atoms with Crippen molar-refractivity contribution in [1.82, 2.24) is 5.01 Å². The third kappa shape index (κ3) is 5.95.